The van der Waals surface area contributed by atoms with Crippen molar-refractivity contribution in [2.75, 3.05) is 20.2 Å². The van der Waals surface area contributed by atoms with Crippen LogP contribution >= 0.6 is 0 Å². The first-order valence-corrected chi connectivity index (χ1v) is 5.22. The number of piperidine rings is 1. The first-order valence-electron chi connectivity index (χ1n) is 5.22. The van der Waals surface area contributed by atoms with E-state index in [1.807, 2.05) is 0 Å². The van der Waals surface area contributed by atoms with Crippen LogP contribution in [-0.4, -0.2) is 31.7 Å². The van der Waals surface area contributed by atoms with Crippen LogP contribution in [0.15, 0.2) is 0 Å². The third-order valence-electron chi connectivity index (χ3n) is 3.52. The average Bonchev–Trinajstić information content (AvgIpc) is 2.75. The number of halogens is 2. The largest absolute Gasteiger partial charge is 0.378 e. The second kappa shape index (κ2) is 3.42. The van der Waals surface area contributed by atoms with Gasteiger partial charge in [0.2, 0.25) is 0 Å². The molecule has 1 unspecified atom stereocenters. The molecule has 0 radical (unpaired) electrons. The zero-order valence-corrected chi connectivity index (χ0v) is 8.48. The molecular weight excluding hydrogens is 188 g/mol. The maximum Gasteiger partial charge on any atom is 0.251 e. The number of nitrogens with one attached hydrogen (secondary N) is 1. The van der Waals surface area contributed by atoms with Crippen molar-refractivity contribution in [3.63, 3.8) is 0 Å². The van der Waals surface area contributed by atoms with E-state index in [2.05, 4.69) is 5.32 Å². The molecule has 0 bridgehead atoms. The van der Waals surface area contributed by atoms with Crippen molar-refractivity contribution in [2.45, 2.75) is 37.2 Å². The van der Waals surface area contributed by atoms with Crippen molar-refractivity contribution in [3.8, 4) is 0 Å². The van der Waals surface area contributed by atoms with Gasteiger partial charge in [0.1, 0.15) is 0 Å². The van der Waals surface area contributed by atoms with E-state index in [0.717, 1.165) is 25.9 Å². The summed E-state index contributed by atoms with van der Waals surface area (Å²) in [5.41, 5.74) is -0.282. The molecule has 0 amide bonds. The number of methoxy groups -OCH3 is 1. The Bertz CT molecular complexity index is 214. The lowest BCUT2D eigenvalue weighted by molar-refractivity contribution is -0.0529. The highest BCUT2D eigenvalue weighted by Gasteiger charge is 2.59. The maximum atomic E-state index is 12.8. The highest BCUT2D eigenvalue weighted by molar-refractivity contribution is 5.01. The molecule has 1 atom stereocenters. The highest BCUT2D eigenvalue weighted by atomic mass is 19.3. The van der Waals surface area contributed by atoms with Gasteiger partial charge in [-0.15, -0.1) is 0 Å². The summed E-state index contributed by atoms with van der Waals surface area (Å²) in [4.78, 5) is 0. The van der Waals surface area contributed by atoms with E-state index in [1.165, 1.54) is 0 Å². The molecule has 4 heteroatoms. The van der Waals surface area contributed by atoms with Crippen LogP contribution in [0.5, 0.6) is 0 Å². The molecule has 1 saturated carbocycles. The van der Waals surface area contributed by atoms with Crippen LogP contribution < -0.4 is 5.32 Å². The zero-order valence-electron chi connectivity index (χ0n) is 8.48. The minimum Gasteiger partial charge on any atom is -0.378 e. The van der Waals surface area contributed by atoms with Gasteiger partial charge in [-0.25, -0.2) is 8.78 Å². The van der Waals surface area contributed by atoms with Gasteiger partial charge in [-0.2, -0.15) is 0 Å². The maximum absolute atomic E-state index is 12.8. The molecule has 0 aromatic heterocycles. The van der Waals surface area contributed by atoms with Gasteiger partial charge in [0.25, 0.3) is 5.92 Å². The molecule has 82 valence electrons. The molecule has 1 heterocycles. The van der Waals surface area contributed by atoms with Gasteiger partial charge in [-0.05, 0) is 32.4 Å². The predicted octanol–water partition coefficient (Wildman–Crippen LogP) is 1.80. The third kappa shape index (κ3) is 1.91. The van der Waals surface area contributed by atoms with Crippen molar-refractivity contribution in [1.29, 1.82) is 0 Å². The molecular formula is C10H17F2NO. The van der Waals surface area contributed by atoms with Gasteiger partial charge in [0.05, 0.1) is 5.60 Å². The Kier molecular flexibility index (Phi) is 2.52. The van der Waals surface area contributed by atoms with Crippen molar-refractivity contribution in [2.24, 2.45) is 5.92 Å². The molecule has 1 aliphatic carbocycles. The summed E-state index contributed by atoms with van der Waals surface area (Å²) >= 11 is 0. The first kappa shape index (κ1) is 10.3. The average molecular weight is 205 g/mol. The van der Waals surface area contributed by atoms with Crippen LogP contribution in [-0.2, 0) is 4.74 Å². The van der Waals surface area contributed by atoms with Gasteiger partial charge in [-0.3, -0.25) is 0 Å². The monoisotopic (exact) mass is 205 g/mol. The third-order valence-corrected chi connectivity index (χ3v) is 3.52. The second-order valence-electron chi connectivity index (χ2n) is 4.50. The SMILES string of the molecule is COC1(CC2CC2(F)F)CCNCC1. The number of rotatable bonds is 3. The lowest BCUT2D eigenvalue weighted by atomic mass is 9.86. The molecule has 2 fully saturated rings. The fourth-order valence-electron chi connectivity index (χ4n) is 2.31. The van der Waals surface area contributed by atoms with Gasteiger partial charge in [-0.1, -0.05) is 0 Å². The summed E-state index contributed by atoms with van der Waals surface area (Å²) in [5, 5.41) is 3.22. The van der Waals surface area contributed by atoms with Gasteiger partial charge >= 0.3 is 0 Å². The van der Waals surface area contributed by atoms with Crippen molar-refractivity contribution >= 4 is 0 Å². The Labute approximate surface area is 83.0 Å². The molecule has 14 heavy (non-hydrogen) atoms. The molecule has 1 N–H and O–H groups in total. The number of ether oxygens (including phenoxy) is 1. The normalized spacial score (nSPS) is 34.1. The summed E-state index contributed by atoms with van der Waals surface area (Å²) in [5.74, 6) is -2.84. The van der Waals surface area contributed by atoms with Gasteiger partial charge in [0, 0.05) is 19.4 Å². The standard InChI is InChI=1S/C10H17F2NO/c1-14-9(2-4-13-5-3-9)6-8-7-10(8,11)12/h8,13H,2-7H2,1H3. The first-order chi connectivity index (χ1) is 6.58. The summed E-state index contributed by atoms with van der Waals surface area (Å²) in [6.45, 7) is 1.76. The fraction of sp³-hybridized carbons (Fsp3) is 1.00. The van der Waals surface area contributed by atoms with E-state index < -0.39 is 11.8 Å². The fourth-order valence-corrected chi connectivity index (χ4v) is 2.31. The Morgan fingerprint density at radius 2 is 1.93 bits per heavy atom. The molecule has 2 aliphatic rings. The van der Waals surface area contributed by atoms with E-state index in [-0.39, 0.29) is 12.0 Å². The van der Waals surface area contributed by atoms with Crippen LogP contribution in [0.1, 0.15) is 25.7 Å². The lowest BCUT2D eigenvalue weighted by Crippen LogP contribution is -2.44. The van der Waals surface area contributed by atoms with E-state index in [9.17, 15) is 8.78 Å². The van der Waals surface area contributed by atoms with E-state index in [4.69, 9.17) is 4.74 Å². The van der Waals surface area contributed by atoms with Crippen molar-refractivity contribution < 1.29 is 13.5 Å². The van der Waals surface area contributed by atoms with Crippen LogP contribution in [0.25, 0.3) is 0 Å². The van der Waals surface area contributed by atoms with Gasteiger partial charge < -0.3 is 10.1 Å². The summed E-state index contributed by atoms with van der Waals surface area (Å²) in [6, 6.07) is 0. The number of hydrogen-bond donors (Lipinski definition) is 1. The Morgan fingerprint density at radius 3 is 2.36 bits per heavy atom. The minimum absolute atomic E-state index is 0.0611. The number of alkyl halides is 2. The van der Waals surface area contributed by atoms with Crippen molar-refractivity contribution in [3.05, 3.63) is 0 Å². The van der Waals surface area contributed by atoms with E-state index >= 15 is 0 Å². The molecule has 2 nitrogen and oxygen atoms in total. The van der Waals surface area contributed by atoms with Crippen molar-refractivity contribution in [1.82, 2.24) is 5.32 Å². The Hall–Kier alpha value is -0.220. The zero-order chi connectivity index (χ0) is 10.2. The quantitative estimate of drug-likeness (QED) is 0.758. The van der Waals surface area contributed by atoms with E-state index in [1.54, 1.807) is 7.11 Å². The highest BCUT2D eigenvalue weighted by Crippen LogP contribution is 2.53. The molecule has 0 spiro atoms. The summed E-state index contributed by atoms with van der Waals surface area (Å²) < 4.78 is 31.0. The predicted molar refractivity (Wildman–Crippen MR) is 49.5 cm³/mol. The van der Waals surface area contributed by atoms with Gasteiger partial charge in [0.15, 0.2) is 0 Å². The molecule has 0 aromatic rings. The van der Waals surface area contributed by atoms with E-state index in [0.29, 0.717) is 6.42 Å². The lowest BCUT2D eigenvalue weighted by Gasteiger charge is -2.36. The Balaban J connectivity index is 1.92. The second-order valence-corrected chi connectivity index (χ2v) is 4.50. The summed E-state index contributed by atoms with van der Waals surface area (Å²) in [7, 11) is 1.64. The molecule has 1 aliphatic heterocycles. The minimum atomic E-state index is -2.41. The number of hydrogen-bond acceptors (Lipinski definition) is 2. The molecule has 2 rings (SSSR count). The van der Waals surface area contributed by atoms with Crippen LogP contribution in [0.3, 0.4) is 0 Å². The molecule has 0 aromatic carbocycles. The topological polar surface area (TPSA) is 21.3 Å². The van der Waals surface area contributed by atoms with Crippen LogP contribution in [0.4, 0.5) is 8.78 Å². The van der Waals surface area contributed by atoms with Crippen LogP contribution in [0.2, 0.25) is 0 Å². The smallest absolute Gasteiger partial charge is 0.251 e. The Morgan fingerprint density at radius 1 is 1.36 bits per heavy atom. The molecule has 1 saturated heterocycles. The van der Waals surface area contributed by atoms with Crippen LogP contribution in [0, 0.1) is 5.92 Å². The summed E-state index contributed by atoms with van der Waals surface area (Å²) in [6.07, 6.45) is 2.30.